The number of unbranched alkanes of at least 4 members (excludes halogenated alkanes) is 1. The molecular weight excluding hydrogens is 99.1 g/mol. The summed E-state index contributed by atoms with van der Waals surface area (Å²) in [6.45, 7) is 4.36. The van der Waals surface area contributed by atoms with Crippen LogP contribution in [-0.2, 0) is 0 Å². The van der Waals surface area contributed by atoms with E-state index in [1.807, 2.05) is 0 Å². The summed E-state index contributed by atoms with van der Waals surface area (Å²) in [6, 6.07) is 0. The van der Waals surface area contributed by atoms with Crippen LogP contribution in [0.25, 0.3) is 0 Å². The Labute approximate surface area is 45.8 Å². The molecule has 0 unspecified atom stereocenters. The normalized spacial score (nSPS) is 5.00. The lowest BCUT2D eigenvalue weighted by Gasteiger charge is -1.68. The van der Waals surface area contributed by atoms with Gasteiger partial charge in [0.2, 0.25) is 0 Å². The Morgan fingerprint density at radius 2 is 1.17 bits per heavy atom. The Hall–Kier alpha value is 0.280. The van der Waals surface area contributed by atoms with Crippen molar-refractivity contribution in [3.05, 3.63) is 0 Å². The van der Waals surface area contributed by atoms with E-state index in [9.17, 15) is 0 Å². The molecular formula is C4H13FS. The first-order valence-corrected chi connectivity index (χ1v) is 1.91. The van der Waals surface area contributed by atoms with Gasteiger partial charge in [-0.3, -0.25) is 4.70 Å². The van der Waals surface area contributed by atoms with Crippen LogP contribution < -0.4 is 0 Å². The van der Waals surface area contributed by atoms with Gasteiger partial charge in [0.15, 0.2) is 0 Å². The molecule has 0 amide bonds. The lowest BCUT2D eigenvalue weighted by Crippen LogP contribution is -1.47. The maximum absolute atomic E-state index is 2.18. The summed E-state index contributed by atoms with van der Waals surface area (Å²) in [4.78, 5) is 0. The van der Waals surface area contributed by atoms with Gasteiger partial charge in [0, 0.05) is 0 Å². The van der Waals surface area contributed by atoms with Crippen LogP contribution in [0.3, 0.4) is 0 Å². The fraction of sp³-hybridized carbons (Fsp3) is 1.00. The third-order valence-electron chi connectivity index (χ3n) is 0.500. The van der Waals surface area contributed by atoms with Crippen LogP contribution in [0.1, 0.15) is 26.7 Å². The van der Waals surface area contributed by atoms with Crippen LogP contribution >= 0.6 is 13.5 Å². The maximum Gasteiger partial charge on any atom is -0.0564 e. The minimum absolute atomic E-state index is 0. The Morgan fingerprint density at radius 3 is 1.17 bits per heavy atom. The molecule has 0 saturated heterocycles. The van der Waals surface area contributed by atoms with Gasteiger partial charge in [0.05, 0.1) is 0 Å². The summed E-state index contributed by atoms with van der Waals surface area (Å²) in [6.07, 6.45) is 2.64. The predicted molar refractivity (Wildman–Crippen MR) is 33.5 cm³/mol. The topological polar surface area (TPSA) is 0 Å². The Bertz CT molecular complexity index is 9.51. The molecule has 42 valence electrons. The molecule has 0 aliphatic carbocycles. The van der Waals surface area contributed by atoms with Crippen molar-refractivity contribution in [2.24, 2.45) is 0 Å². The average molecular weight is 112 g/mol. The first kappa shape index (κ1) is 16.3. The molecule has 0 aliphatic heterocycles. The van der Waals surface area contributed by atoms with Gasteiger partial charge in [0.25, 0.3) is 0 Å². The fourth-order valence-electron chi connectivity index (χ4n) is 0. The largest absolute Gasteiger partial charge is 0.269 e. The third kappa shape index (κ3) is 28.1. The van der Waals surface area contributed by atoms with Gasteiger partial charge in [-0.2, -0.15) is 13.5 Å². The summed E-state index contributed by atoms with van der Waals surface area (Å²) in [5, 5.41) is 0. The summed E-state index contributed by atoms with van der Waals surface area (Å²) >= 11 is 0. The molecule has 0 aliphatic rings. The average Bonchev–Trinajstić information content (AvgIpc) is 1.37. The highest BCUT2D eigenvalue weighted by Crippen LogP contribution is 1.76. The van der Waals surface area contributed by atoms with Crippen LogP contribution in [0.5, 0.6) is 0 Å². The van der Waals surface area contributed by atoms with Crippen molar-refractivity contribution in [3.63, 3.8) is 0 Å². The second-order valence-electron chi connectivity index (χ2n) is 1.000. The monoisotopic (exact) mass is 112 g/mol. The van der Waals surface area contributed by atoms with E-state index in [2.05, 4.69) is 13.8 Å². The van der Waals surface area contributed by atoms with Gasteiger partial charge < -0.3 is 0 Å². The highest BCUT2D eigenvalue weighted by atomic mass is 32.1. The van der Waals surface area contributed by atoms with Crippen molar-refractivity contribution in [1.29, 1.82) is 0 Å². The van der Waals surface area contributed by atoms with Crippen molar-refractivity contribution in [2.45, 2.75) is 26.7 Å². The molecule has 0 rings (SSSR count). The Balaban J connectivity index is -0.0000000450. The van der Waals surface area contributed by atoms with Crippen molar-refractivity contribution in [2.75, 3.05) is 0 Å². The number of hydrogen-bond donors (Lipinski definition) is 0. The maximum atomic E-state index is 2.18. The summed E-state index contributed by atoms with van der Waals surface area (Å²) in [5.74, 6) is 0. The smallest absolute Gasteiger partial charge is 0.0564 e. The molecule has 0 nitrogen and oxygen atoms in total. The molecule has 0 spiro atoms. The first-order valence-electron chi connectivity index (χ1n) is 1.91. The zero-order valence-electron chi connectivity index (χ0n) is 4.32. The van der Waals surface area contributed by atoms with Crippen LogP contribution in [-0.4, -0.2) is 0 Å². The molecule has 0 N–H and O–H groups in total. The van der Waals surface area contributed by atoms with Gasteiger partial charge in [-0.05, 0) is 0 Å². The molecule has 0 aromatic carbocycles. The fourth-order valence-corrected chi connectivity index (χ4v) is 0. The van der Waals surface area contributed by atoms with Crippen molar-refractivity contribution in [1.82, 2.24) is 0 Å². The standard InChI is InChI=1S/C4H10.FH.H2S/c1-3-4-2;;/h3-4H2,1-2H3;1H;1H2. The van der Waals surface area contributed by atoms with Crippen LogP contribution in [0.15, 0.2) is 0 Å². The van der Waals surface area contributed by atoms with Crippen LogP contribution in [0, 0.1) is 0 Å². The highest BCUT2D eigenvalue weighted by molar-refractivity contribution is 7.59. The summed E-state index contributed by atoms with van der Waals surface area (Å²) in [7, 11) is 0. The predicted octanol–water partition coefficient (Wildman–Crippen LogP) is 2.07. The van der Waals surface area contributed by atoms with E-state index in [1.165, 1.54) is 12.8 Å². The van der Waals surface area contributed by atoms with E-state index in [1.54, 1.807) is 0 Å². The quantitative estimate of drug-likeness (QED) is 0.487. The number of halogens is 1. The SMILES string of the molecule is CCCC.F.S. The second-order valence-corrected chi connectivity index (χ2v) is 1.000. The molecule has 0 atom stereocenters. The third-order valence-corrected chi connectivity index (χ3v) is 0.500. The van der Waals surface area contributed by atoms with E-state index < -0.39 is 0 Å². The molecule has 0 bridgehead atoms. The number of rotatable bonds is 1. The molecule has 2 heteroatoms. The highest BCUT2D eigenvalue weighted by Gasteiger charge is 1.56. The lowest BCUT2D eigenvalue weighted by atomic mass is 10.4. The molecule has 0 aromatic rings. The second kappa shape index (κ2) is 18.6. The summed E-state index contributed by atoms with van der Waals surface area (Å²) in [5.41, 5.74) is 0. The van der Waals surface area contributed by atoms with Crippen molar-refractivity contribution >= 4 is 13.5 Å². The van der Waals surface area contributed by atoms with E-state index in [0.29, 0.717) is 0 Å². The van der Waals surface area contributed by atoms with Crippen molar-refractivity contribution in [3.8, 4) is 0 Å². The zero-order chi connectivity index (χ0) is 3.41. The van der Waals surface area contributed by atoms with Gasteiger partial charge >= 0.3 is 0 Å². The molecule has 0 aromatic heterocycles. The molecule has 0 saturated carbocycles. The molecule has 0 radical (unpaired) electrons. The van der Waals surface area contributed by atoms with Gasteiger partial charge in [-0.15, -0.1) is 0 Å². The Kier molecular flexibility index (Phi) is 50.5. The molecule has 6 heavy (non-hydrogen) atoms. The van der Waals surface area contributed by atoms with E-state index >= 15 is 0 Å². The van der Waals surface area contributed by atoms with E-state index in [-0.39, 0.29) is 18.2 Å². The van der Waals surface area contributed by atoms with E-state index in [0.717, 1.165) is 0 Å². The zero-order valence-corrected chi connectivity index (χ0v) is 5.32. The van der Waals surface area contributed by atoms with Crippen LogP contribution in [0.4, 0.5) is 4.70 Å². The first-order chi connectivity index (χ1) is 1.91. The van der Waals surface area contributed by atoms with Crippen molar-refractivity contribution < 1.29 is 4.70 Å². The lowest BCUT2D eigenvalue weighted by molar-refractivity contribution is 0.886. The summed E-state index contributed by atoms with van der Waals surface area (Å²) < 4.78 is 0. The van der Waals surface area contributed by atoms with Gasteiger partial charge in [0.1, 0.15) is 0 Å². The van der Waals surface area contributed by atoms with E-state index in [4.69, 9.17) is 0 Å². The van der Waals surface area contributed by atoms with Gasteiger partial charge in [-0.1, -0.05) is 26.7 Å². The minimum Gasteiger partial charge on any atom is -0.269 e. The van der Waals surface area contributed by atoms with Gasteiger partial charge in [-0.25, -0.2) is 0 Å². The molecule has 0 heterocycles. The van der Waals surface area contributed by atoms with Crippen LogP contribution in [0.2, 0.25) is 0 Å². The Morgan fingerprint density at radius 1 is 1.00 bits per heavy atom. The molecule has 0 fully saturated rings. The number of hydrogen-bond acceptors (Lipinski definition) is 0. The minimum atomic E-state index is 0.